The van der Waals surface area contributed by atoms with Gasteiger partial charge in [0.2, 0.25) is 0 Å². The molecule has 0 bridgehead atoms. The van der Waals surface area contributed by atoms with Gasteiger partial charge in [0.15, 0.2) is 0 Å². The van der Waals surface area contributed by atoms with Crippen LogP contribution in [-0.2, 0) is 6.54 Å². The molecular formula is C17H27FN2. The van der Waals surface area contributed by atoms with Crippen molar-refractivity contribution in [1.82, 2.24) is 5.32 Å². The normalized spacial score (nSPS) is 19.1. The maximum absolute atomic E-state index is 13.5. The Morgan fingerprint density at radius 1 is 1.40 bits per heavy atom. The van der Waals surface area contributed by atoms with Gasteiger partial charge in [0.05, 0.1) is 0 Å². The summed E-state index contributed by atoms with van der Waals surface area (Å²) >= 11 is 0. The van der Waals surface area contributed by atoms with Crippen LogP contribution in [0.5, 0.6) is 0 Å². The lowest BCUT2D eigenvalue weighted by Crippen LogP contribution is -2.26. The molecule has 1 atom stereocenters. The van der Waals surface area contributed by atoms with Crippen molar-refractivity contribution in [3.05, 3.63) is 29.6 Å². The van der Waals surface area contributed by atoms with Crippen LogP contribution >= 0.6 is 0 Å². The molecule has 1 aliphatic rings. The summed E-state index contributed by atoms with van der Waals surface area (Å²) in [5, 5.41) is 3.40. The summed E-state index contributed by atoms with van der Waals surface area (Å²) in [6.07, 6.45) is 3.82. The Morgan fingerprint density at radius 2 is 2.20 bits per heavy atom. The first-order chi connectivity index (χ1) is 9.60. The van der Waals surface area contributed by atoms with E-state index in [0.717, 1.165) is 31.1 Å². The van der Waals surface area contributed by atoms with Crippen LogP contribution in [0.3, 0.4) is 0 Å². The van der Waals surface area contributed by atoms with Crippen molar-refractivity contribution in [3.63, 3.8) is 0 Å². The maximum atomic E-state index is 13.5. The number of hydrogen-bond donors (Lipinski definition) is 1. The minimum Gasteiger partial charge on any atom is -0.371 e. The molecule has 2 rings (SSSR count). The molecule has 0 aromatic heterocycles. The van der Waals surface area contributed by atoms with E-state index in [2.05, 4.69) is 31.0 Å². The van der Waals surface area contributed by atoms with E-state index < -0.39 is 0 Å². The molecule has 0 saturated carbocycles. The molecule has 0 radical (unpaired) electrons. The highest BCUT2D eigenvalue weighted by atomic mass is 19.1. The summed E-state index contributed by atoms with van der Waals surface area (Å²) in [6.45, 7) is 9.44. The minimum atomic E-state index is -0.140. The topological polar surface area (TPSA) is 15.3 Å². The zero-order valence-corrected chi connectivity index (χ0v) is 13.0. The Balaban J connectivity index is 2.10. The Kier molecular flexibility index (Phi) is 5.41. The third-order valence-corrected chi connectivity index (χ3v) is 4.07. The maximum Gasteiger partial charge on any atom is 0.123 e. The highest BCUT2D eigenvalue weighted by molar-refractivity contribution is 5.54. The van der Waals surface area contributed by atoms with Gasteiger partial charge in [0.25, 0.3) is 0 Å². The Labute approximate surface area is 122 Å². The molecule has 1 fully saturated rings. The molecule has 112 valence electrons. The molecule has 1 N–H and O–H groups in total. The Morgan fingerprint density at radius 3 is 2.90 bits per heavy atom. The highest BCUT2D eigenvalue weighted by Crippen LogP contribution is 2.29. The lowest BCUT2D eigenvalue weighted by atomic mass is 10.0. The number of nitrogens with zero attached hydrogens (tertiary/aromatic N) is 1. The van der Waals surface area contributed by atoms with Gasteiger partial charge in [0.1, 0.15) is 5.82 Å². The zero-order chi connectivity index (χ0) is 14.5. The molecule has 1 heterocycles. The molecule has 20 heavy (non-hydrogen) atoms. The monoisotopic (exact) mass is 278 g/mol. The number of benzene rings is 1. The molecule has 1 saturated heterocycles. The predicted octanol–water partition coefficient (Wildman–Crippen LogP) is 3.95. The first-order valence-corrected chi connectivity index (χ1v) is 7.87. The van der Waals surface area contributed by atoms with Crippen LogP contribution in [0.15, 0.2) is 18.2 Å². The van der Waals surface area contributed by atoms with E-state index in [0.29, 0.717) is 6.04 Å². The quantitative estimate of drug-likeness (QED) is 0.847. The molecule has 1 unspecified atom stereocenters. The highest BCUT2D eigenvalue weighted by Gasteiger charge is 2.23. The zero-order valence-electron chi connectivity index (χ0n) is 13.0. The van der Waals surface area contributed by atoms with Crippen LogP contribution in [-0.4, -0.2) is 19.1 Å². The molecule has 1 aromatic rings. The summed E-state index contributed by atoms with van der Waals surface area (Å²) in [5.74, 6) is 0.662. The first kappa shape index (κ1) is 15.3. The van der Waals surface area contributed by atoms with Crippen LogP contribution in [0.25, 0.3) is 0 Å². The van der Waals surface area contributed by atoms with Gasteiger partial charge in [-0.05, 0) is 42.5 Å². The van der Waals surface area contributed by atoms with Gasteiger partial charge in [-0.25, -0.2) is 4.39 Å². The van der Waals surface area contributed by atoms with Gasteiger partial charge >= 0.3 is 0 Å². The van der Waals surface area contributed by atoms with Crippen molar-refractivity contribution >= 4 is 5.69 Å². The van der Waals surface area contributed by atoms with Gasteiger partial charge in [-0.1, -0.05) is 27.2 Å². The summed E-state index contributed by atoms with van der Waals surface area (Å²) < 4.78 is 13.5. The van der Waals surface area contributed by atoms with Crippen molar-refractivity contribution < 1.29 is 4.39 Å². The number of anilines is 1. The molecule has 2 nitrogen and oxygen atoms in total. The van der Waals surface area contributed by atoms with Crippen LogP contribution in [0.2, 0.25) is 0 Å². The SMILES string of the molecule is CCCC1CCN(c2ccc(F)cc2CNC(C)C)C1. The Bertz CT molecular complexity index is 431. The third-order valence-electron chi connectivity index (χ3n) is 4.07. The van der Waals surface area contributed by atoms with E-state index in [1.807, 2.05) is 6.07 Å². The van der Waals surface area contributed by atoms with Crippen molar-refractivity contribution in [2.45, 2.75) is 52.6 Å². The second kappa shape index (κ2) is 7.07. The largest absolute Gasteiger partial charge is 0.371 e. The summed E-state index contributed by atoms with van der Waals surface area (Å²) in [7, 11) is 0. The van der Waals surface area contributed by atoms with E-state index in [9.17, 15) is 4.39 Å². The average molecular weight is 278 g/mol. The van der Waals surface area contributed by atoms with Crippen molar-refractivity contribution in [3.8, 4) is 0 Å². The molecule has 0 aliphatic carbocycles. The predicted molar refractivity (Wildman–Crippen MR) is 83.6 cm³/mol. The molecule has 0 spiro atoms. The summed E-state index contributed by atoms with van der Waals surface area (Å²) in [4.78, 5) is 2.43. The lowest BCUT2D eigenvalue weighted by Gasteiger charge is -2.23. The Hall–Kier alpha value is -1.09. The molecule has 1 aromatic carbocycles. The fourth-order valence-corrected chi connectivity index (χ4v) is 3.01. The van der Waals surface area contributed by atoms with Crippen LogP contribution < -0.4 is 10.2 Å². The molecule has 3 heteroatoms. The van der Waals surface area contributed by atoms with E-state index in [4.69, 9.17) is 0 Å². The molecular weight excluding hydrogens is 251 g/mol. The van der Waals surface area contributed by atoms with Crippen molar-refractivity contribution in [2.24, 2.45) is 5.92 Å². The summed E-state index contributed by atoms with van der Waals surface area (Å²) in [5.41, 5.74) is 2.29. The second-order valence-electron chi connectivity index (χ2n) is 6.20. The number of nitrogens with one attached hydrogen (secondary N) is 1. The molecule has 0 amide bonds. The van der Waals surface area contributed by atoms with Crippen molar-refractivity contribution in [1.29, 1.82) is 0 Å². The minimum absolute atomic E-state index is 0.140. The van der Waals surface area contributed by atoms with Gasteiger partial charge in [-0.2, -0.15) is 0 Å². The smallest absolute Gasteiger partial charge is 0.123 e. The lowest BCUT2D eigenvalue weighted by molar-refractivity contribution is 0.529. The van der Waals surface area contributed by atoms with E-state index in [-0.39, 0.29) is 5.82 Å². The van der Waals surface area contributed by atoms with Gasteiger partial charge in [-0.15, -0.1) is 0 Å². The van der Waals surface area contributed by atoms with E-state index in [1.165, 1.54) is 24.9 Å². The van der Waals surface area contributed by atoms with Gasteiger partial charge < -0.3 is 10.2 Å². The third kappa shape index (κ3) is 3.95. The van der Waals surface area contributed by atoms with E-state index in [1.54, 1.807) is 12.1 Å². The van der Waals surface area contributed by atoms with Crippen molar-refractivity contribution in [2.75, 3.05) is 18.0 Å². The first-order valence-electron chi connectivity index (χ1n) is 7.87. The molecule has 1 aliphatic heterocycles. The number of halogens is 1. The van der Waals surface area contributed by atoms with Crippen LogP contribution in [0.1, 0.15) is 45.6 Å². The summed E-state index contributed by atoms with van der Waals surface area (Å²) in [6, 6.07) is 5.62. The fourth-order valence-electron chi connectivity index (χ4n) is 3.01. The van der Waals surface area contributed by atoms with E-state index >= 15 is 0 Å². The van der Waals surface area contributed by atoms with Crippen LogP contribution in [0, 0.1) is 11.7 Å². The standard InChI is InChI=1S/C17H27FN2/c1-4-5-14-8-9-20(12-14)17-7-6-16(18)10-15(17)11-19-13(2)3/h6-7,10,13-14,19H,4-5,8-9,11-12H2,1-3H3. The number of rotatable bonds is 6. The van der Waals surface area contributed by atoms with Crippen LogP contribution in [0.4, 0.5) is 10.1 Å². The van der Waals surface area contributed by atoms with Gasteiger partial charge in [-0.3, -0.25) is 0 Å². The fraction of sp³-hybridized carbons (Fsp3) is 0.647. The van der Waals surface area contributed by atoms with Gasteiger partial charge in [0, 0.05) is 31.4 Å². The average Bonchev–Trinajstić information content (AvgIpc) is 2.85. The number of hydrogen-bond acceptors (Lipinski definition) is 2. The second-order valence-corrected chi connectivity index (χ2v) is 6.20.